The molecule has 1 unspecified atom stereocenters. The van der Waals surface area contributed by atoms with Gasteiger partial charge in [0.05, 0.1) is 29.2 Å². The predicted octanol–water partition coefficient (Wildman–Crippen LogP) is 3.13. The highest BCUT2D eigenvalue weighted by Crippen LogP contribution is 2.26. The zero-order chi connectivity index (χ0) is 18.0. The van der Waals surface area contributed by atoms with E-state index in [-0.39, 0.29) is 16.7 Å². The number of thioether (sulfide) groups is 1. The van der Waals surface area contributed by atoms with Crippen LogP contribution in [0.2, 0.25) is 0 Å². The maximum atomic E-state index is 12.3. The minimum absolute atomic E-state index is 0.0763. The third-order valence-electron chi connectivity index (χ3n) is 3.94. The van der Waals surface area contributed by atoms with Crippen molar-refractivity contribution in [2.75, 3.05) is 0 Å². The minimum Gasteiger partial charge on any atom is -0.467 e. The Bertz CT molecular complexity index is 944. The summed E-state index contributed by atoms with van der Waals surface area (Å²) in [7, 11) is 0. The Kier molecular flexibility index (Phi) is 5.29. The molecule has 3 aromatic rings. The van der Waals surface area contributed by atoms with E-state index in [1.54, 1.807) is 12.3 Å². The number of aromatic amines is 1. The van der Waals surface area contributed by atoms with Crippen LogP contribution in [0, 0.1) is 13.8 Å². The van der Waals surface area contributed by atoms with E-state index in [9.17, 15) is 9.59 Å². The van der Waals surface area contributed by atoms with Gasteiger partial charge in [0.15, 0.2) is 0 Å². The molecule has 0 fully saturated rings. The molecule has 3 aromatic heterocycles. The van der Waals surface area contributed by atoms with Crippen LogP contribution in [-0.2, 0) is 17.1 Å². The summed E-state index contributed by atoms with van der Waals surface area (Å²) in [5.74, 6) is 1.70. The van der Waals surface area contributed by atoms with E-state index in [4.69, 9.17) is 4.42 Å². The van der Waals surface area contributed by atoms with Gasteiger partial charge in [-0.3, -0.25) is 9.59 Å². The summed E-state index contributed by atoms with van der Waals surface area (Å²) in [6.07, 6.45) is 1.58. The summed E-state index contributed by atoms with van der Waals surface area (Å²) in [4.78, 5) is 33.6. The lowest BCUT2D eigenvalue weighted by molar-refractivity contribution is -0.120. The smallest absolute Gasteiger partial charge is 0.259 e. The molecule has 1 amide bonds. The first-order valence-corrected chi connectivity index (χ1v) is 9.73. The lowest BCUT2D eigenvalue weighted by Gasteiger charge is -2.11. The molecule has 0 saturated heterocycles. The van der Waals surface area contributed by atoms with E-state index in [1.165, 1.54) is 23.1 Å². The number of thiophene rings is 1. The first-order valence-electron chi connectivity index (χ1n) is 7.86. The first-order chi connectivity index (χ1) is 12.0. The van der Waals surface area contributed by atoms with E-state index in [2.05, 4.69) is 15.3 Å². The lowest BCUT2D eigenvalue weighted by atomic mass is 10.2. The zero-order valence-corrected chi connectivity index (χ0v) is 15.8. The molecular weight excluding hydrogens is 358 g/mol. The maximum Gasteiger partial charge on any atom is 0.259 e. The molecule has 0 spiro atoms. The van der Waals surface area contributed by atoms with Crippen molar-refractivity contribution in [1.82, 2.24) is 15.3 Å². The Balaban J connectivity index is 1.61. The van der Waals surface area contributed by atoms with Crippen LogP contribution < -0.4 is 10.9 Å². The molecule has 2 N–H and O–H groups in total. The van der Waals surface area contributed by atoms with E-state index < -0.39 is 0 Å². The second-order valence-electron chi connectivity index (χ2n) is 5.73. The Morgan fingerprint density at radius 2 is 2.28 bits per heavy atom. The van der Waals surface area contributed by atoms with Gasteiger partial charge in [-0.15, -0.1) is 23.1 Å². The van der Waals surface area contributed by atoms with Crippen LogP contribution in [0.3, 0.4) is 0 Å². The van der Waals surface area contributed by atoms with Crippen molar-refractivity contribution in [2.45, 2.75) is 38.3 Å². The van der Waals surface area contributed by atoms with Crippen LogP contribution in [0.25, 0.3) is 10.2 Å². The van der Waals surface area contributed by atoms with Gasteiger partial charge in [-0.05, 0) is 38.5 Å². The molecule has 0 aliphatic heterocycles. The average Bonchev–Trinajstić information content (AvgIpc) is 3.19. The van der Waals surface area contributed by atoms with Crippen molar-refractivity contribution < 1.29 is 9.21 Å². The van der Waals surface area contributed by atoms with Gasteiger partial charge in [0.2, 0.25) is 5.91 Å². The Labute approximate surface area is 153 Å². The van der Waals surface area contributed by atoms with Crippen molar-refractivity contribution in [3.63, 3.8) is 0 Å². The molecule has 8 heteroatoms. The van der Waals surface area contributed by atoms with Gasteiger partial charge < -0.3 is 14.7 Å². The molecule has 1 atom stereocenters. The standard InChI is InChI=1S/C17H19N3O3S2/c1-9-10(2)25-17-14(9)16(22)19-13(20-17)8-24-11(3)15(21)18-7-12-5-4-6-23-12/h4-6,11H,7-8H2,1-3H3,(H,18,21)(H,19,20,22). The number of fused-ring (bicyclic) bond motifs is 1. The van der Waals surface area contributed by atoms with Crippen LogP contribution in [0.1, 0.15) is 28.9 Å². The van der Waals surface area contributed by atoms with Gasteiger partial charge in [0.25, 0.3) is 5.56 Å². The summed E-state index contributed by atoms with van der Waals surface area (Å²) >= 11 is 2.96. The molecule has 3 rings (SSSR count). The van der Waals surface area contributed by atoms with Gasteiger partial charge in [0.1, 0.15) is 16.4 Å². The monoisotopic (exact) mass is 377 g/mol. The Morgan fingerprint density at radius 1 is 1.48 bits per heavy atom. The number of aryl methyl sites for hydroxylation is 2. The van der Waals surface area contributed by atoms with Gasteiger partial charge in [0, 0.05) is 4.88 Å². The number of nitrogens with zero attached hydrogens (tertiary/aromatic N) is 1. The number of aromatic nitrogens is 2. The van der Waals surface area contributed by atoms with Crippen molar-refractivity contribution >= 4 is 39.2 Å². The maximum absolute atomic E-state index is 12.3. The second-order valence-corrected chi connectivity index (χ2v) is 8.26. The van der Waals surface area contributed by atoms with Gasteiger partial charge in [-0.25, -0.2) is 4.98 Å². The molecule has 0 bridgehead atoms. The highest BCUT2D eigenvalue weighted by atomic mass is 32.2. The first kappa shape index (κ1) is 17.8. The third-order valence-corrected chi connectivity index (χ3v) is 6.20. The number of nitrogens with one attached hydrogen (secondary N) is 2. The molecule has 0 radical (unpaired) electrons. The van der Waals surface area contributed by atoms with Crippen molar-refractivity contribution in [1.29, 1.82) is 0 Å². The third kappa shape index (κ3) is 3.96. The minimum atomic E-state index is -0.261. The van der Waals surface area contributed by atoms with Gasteiger partial charge in [-0.2, -0.15) is 0 Å². The van der Waals surface area contributed by atoms with Crippen LogP contribution >= 0.6 is 23.1 Å². The zero-order valence-electron chi connectivity index (χ0n) is 14.2. The molecule has 6 nitrogen and oxygen atoms in total. The highest BCUT2D eigenvalue weighted by Gasteiger charge is 2.16. The van der Waals surface area contributed by atoms with Gasteiger partial charge >= 0.3 is 0 Å². The summed E-state index contributed by atoms with van der Waals surface area (Å²) in [5, 5.41) is 3.23. The number of rotatable bonds is 6. The number of furan rings is 1. The summed E-state index contributed by atoms with van der Waals surface area (Å²) in [6.45, 7) is 6.12. The molecule has 3 heterocycles. The SMILES string of the molecule is Cc1sc2nc(CSC(C)C(=O)NCc3ccco3)[nH]c(=O)c2c1C. The summed E-state index contributed by atoms with van der Waals surface area (Å²) in [6, 6.07) is 3.60. The summed E-state index contributed by atoms with van der Waals surface area (Å²) in [5.41, 5.74) is 0.871. The number of hydrogen-bond acceptors (Lipinski definition) is 6. The largest absolute Gasteiger partial charge is 0.467 e. The van der Waals surface area contributed by atoms with Crippen LogP contribution in [-0.4, -0.2) is 21.1 Å². The summed E-state index contributed by atoms with van der Waals surface area (Å²) < 4.78 is 5.19. The number of carbonyl (C=O) groups excluding carboxylic acids is 1. The highest BCUT2D eigenvalue weighted by molar-refractivity contribution is 7.99. The van der Waals surface area contributed by atoms with Crippen LogP contribution in [0.4, 0.5) is 0 Å². The average molecular weight is 377 g/mol. The van der Waals surface area contributed by atoms with E-state index in [0.29, 0.717) is 29.3 Å². The molecule has 0 saturated carbocycles. The van der Waals surface area contributed by atoms with E-state index >= 15 is 0 Å². The number of carbonyl (C=O) groups is 1. The normalized spacial score (nSPS) is 12.4. The van der Waals surface area contributed by atoms with E-state index in [1.807, 2.05) is 26.8 Å². The Hall–Kier alpha value is -2.06. The number of amides is 1. The quantitative estimate of drug-likeness (QED) is 0.689. The fraction of sp³-hybridized carbons (Fsp3) is 0.353. The van der Waals surface area contributed by atoms with Crippen LogP contribution in [0.5, 0.6) is 0 Å². The lowest BCUT2D eigenvalue weighted by Crippen LogP contribution is -2.30. The van der Waals surface area contributed by atoms with Crippen molar-refractivity contribution in [3.05, 3.63) is 50.8 Å². The molecule has 132 valence electrons. The second kappa shape index (κ2) is 7.45. The molecule has 25 heavy (non-hydrogen) atoms. The molecule has 0 aromatic carbocycles. The topological polar surface area (TPSA) is 88.0 Å². The fourth-order valence-corrected chi connectivity index (χ4v) is 4.21. The predicted molar refractivity (Wildman–Crippen MR) is 101 cm³/mol. The molecular formula is C17H19N3O3S2. The van der Waals surface area contributed by atoms with Crippen LogP contribution in [0.15, 0.2) is 27.6 Å². The van der Waals surface area contributed by atoms with E-state index in [0.717, 1.165) is 15.3 Å². The molecule has 0 aliphatic carbocycles. The molecule has 0 aliphatic rings. The fourth-order valence-electron chi connectivity index (χ4n) is 2.38. The van der Waals surface area contributed by atoms with Crippen molar-refractivity contribution in [2.24, 2.45) is 0 Å². The number of hydrogen-bond donors (Lipinski definition) is 2. The van der Waals surface area contributed by atoms with Crippen molar-refractivity contribution in [3.8, 4) is 0 Å². The van der Waals surface area contributed by atoms with Gasteiger partial charge in [-0.1, -0.05) is 0 Å². The number of H-pyrrole nitrogens is 1. The Morgan fingerprint density at radius 3 is 3.00 bits per heavy atom.